The van der Waals surface area contributed by atoms with Gasteiger partial charge in [0.25, 0.3) is 0 Å². The summed E-state index contributed by atoms with van der Waals surface area (Å²) < 4.78 is 1.63. The number of aromatic nitrogens is 4. The van der Waals surface area contributed by atoms with Crippen LogP contribution < -0.4 is 5.73 Å². The number of anilines is 1. The first-order chi connectivity index (χ1) is 8.24. The lowest BCUT2D eigenvalue weighted by Gasteiger charge is -2.03. The van der Waals surface area contributed by atoms with Crippen LogP contribution in [0.4, 0.5) is 5.82 Å². The van der Waals surface area contributed by atoms with Crippen molar-refractivity contribution < 1.29 is 0 Å². The van der Waals surface area contributed by atoms with Crippen LogP contribution in [0.3, 0.4) is 0 Å². The summed E-state index contributed by atoms with van der Waals surface area (Å²) in [5.74, 6) is 0.571. The van der Waals surface area contributed by atoms with Crippen molar-refractivity contribution in [3.8, 4) is 11.3 Å². The molecule has 3 rings (SSSR count). The predicted molar refractivity (Wildman–Crippen MR) is 65.4 cm³/mol. The monoisotopic (exact) mass is 225 g/mol. The van der Waals surface area contributed by atoms with Gasteiger partial charge < -0.3 is 5.73 Å². The van der Waals surface area contributed by atoms with Gasteiger partial charge in [0, 0.05) is 30.1 Å². The highest BCUT2D eigenvalue weighted by Crippen LogP contribution is 2.20. The molecule has 0 fully saturated rings. The molecule has 0 aliphatic rings. The quantitative estimate of drug-likeness (QED) is 0.684. The summed E-state index contributed by atoms with van der Waals surface area (Å²) in [4.78, 5) is 8.58. The van der Waals surface area contributed by atoms with E-state index in [1.54, 1.807) is 23.0 Å². The molecule has 84 valence electrons. The van der Waals surface area contributed by atoms with E-state index in [9.17, 15) is 0 Å². The van der Waals surface area contributed by atoms with Gasteiger partial charge in [0.15, 0.2) is 5.65 Å². The molecular weight excluding hydrogens is 214 g/mol. The van der Waals surface area contributed by atoms with E-state index in [-0.39, 0.29) is 0 Å². The molecule has 3 heterocycles. The van der Waals surface area contributed by atoms with Crippen molar-refractivity contribution in [2.45, 2.75) is 6.92 Å². The second-order valence-corrected chi connectivity index (χ2v) is 3.86. The average molecular weight is 225 g/mol. The molecule has 0 aromatic carbocycles. The largest absolute Gasteiger partial charge is 0.384 e. The SMILES string of the molecule is Cc1cc2nc(-c3cccnc3)cc(N)n2n1. The van der Waals surface area contributed by atoms with E-state index in [4.69, 9.17) is 5.73 Å². The normalized spacial score (nSPS) is 10.9. The van der Waals surface area contributed by atoms with Gasteiger partial charge in [-0.2, -0.15) is 9.61 Å². The van der Waals surface area contributed by atoms with E-state index in [1.165, 1.54) is 0 Å². The third kappa shape index (κ3) is 1.61. The molecule has 0 spiro atoms. The maximum absolute atomic E-state index is 5.95. The van der Waals surface area contributed by atoms with Gasteiger partial charge in [0.05, 0.1) is 11.4 Å². The molecule has 0 saturated carbocycles. The molecule has 0 amide bonds. The molecule has 17 heavy (non-hydrogen) atoms. The zero-order valence-electron chi connectivity index (χ0n) is 9.33. The highest BCUT2D eigenvalue weighted by Gasteiger charge is 2.07. The molecule has 0 aliphatic heterocycles. The summed E-state index contributed by atoms with van der Waals surface area (Å²) in [7, 11) is 0. The van der Waals surface area contributed by atoms with Crippen LogP contribution in [0.25, 0.3) is 16.9 Å². The van der Waals surface area contributed by atoms with E-state index in [0.29, 0.717) is 5.82 Å². The molecule has 0 radical (unpaired) electrons. The Labute approximate surface area is 97.9 Å². The van der Waals surface area contributed by atoms with Crippen molar-refractivity contribution in [1.29, 1.82) is 0 Å². The second kappa shape index (κ2) is 3.55. The second-order valence-electron chi connectivity index (χ2n) is 3.86. The van der Waals surface area contributed by atoms with E-state index in [2.05, 4.69) is 15.1 Å². The number of fused-ring (bicyclic) bond motifs is 1. The van der Waals surface area contributed by atoms with Crippen LogP contribution in [0.15, 0.2) is 36.7 Å². The first-order valence-electron chi connectivity index (χ1n) is 5.27. The molecule has 0 aliphatic carbocycles. The van der Waals surface area contributed by atoms with E-state index in [0.717, 1.165) is 22.6 Å². The van der Waals surface area contributed by atoms with Gasteiger partial charge in [-0.05, 0) is 19.1 Å². The Balaban J connectivity index is 2.25. The van der Waals surface area contributed by atoms with Gasteiger partial charge in [-0.15, -0.1) is 0 Å². The highest BCUT2D eigenvalue weighted by atomic mass is 15.3. The number of rotatable bonds is 1. The summed E-state index contributed by atoms with van der Waals surface area (Å²) in [5, 5.41) is 4.26. The zero-order valence-corrected chi connectivity index (χ0v) is 9.33. The van der Waals surface area contributed by atoms with Crippen LogP contribution in [0, 0.1) is 6.92 Å². The molecule has 5 nitrogen and oxygen atoms in total. The Hall–Kier alpha value is -2.43. The lowest BCUT2D eigenvalue weighted by molar-refractivity contribution is 0.930. The minimum absolute atomic E-state index is 0.571. The molecule has 0 atom stereocenters. The molecular formula is C12H11N5. The maximum atomic E-state index is 5.95. The van der Waals surface area contributed by atoms with Crippen molar-refractivity contribution >= 4 is 11.5 Å². The Morgan fingerprint density at radius 1 is 1.29 bits per heavy atom. The maximum Gasteiger partial charge on any atom is 0.158 e. The van der Waals surface area contributed by atoms with E-state index in [1.807, 2.05) is 25.1 Å². The predicted octanol–water partition coefficient (Wildman–Crippen LogP) is 1.68. The number of aryl methyl sites for hydroxylation is 1. The minimum Gasteiger partial charge on any atom is -0.384 e. The fourth-order valence-electron chi connectivity index (χ4n) is 1.77. The third-order valence-electron chi connectivity index (χ3n) is 2.53. The minimum atomic E-state index is 0.571. The highest BCUT2D eigenvalue weighted by molar-refractivity contribution is 5.64. The fourth-order valence-corrected chi connectivity index (χ4v) is 1.77. The number of pyridine rings is 1. The van der Waals surface area contributed by atoms with Crippen LogP contribution in [-0.4, -0.2) is 19.6 Å². The van der Waals surface area contributed by atoms with Crippen LogP contribution in [0.2, 0.25) is 0 Å². The molecule has 0 unspecified atom stereocenters. The number of hydrogen-bond donors (Lipinski definition) is 1. The Kier molecular flexibility index (Phi) is 2.04. The van der Waals surface area contributed by atoms with Crippen molar-refractivity contribution in [2.24, 2.45) is 0 Å². The van der Waals surface area contributed by atoms with Gasteiger partial charge in [-0.1, -0.05) is 0 Å². The first-order valence-corrected chi connectivity index (χ1v) is 5.27. The summed E-state index contributed by atoms with van der Waals surface area (Å²) in [6, 6.07) is 7.53. The van der Waals surface area contributed by atoms with Crippen molar-refractivity contribution in [1.82, 2.24) is 19.6 Å². The standard InChI is InChI=1S/C12H11N5/c1-8-5-12-15-10(6-11(13)17(12)16-8)9-3-2-4-14-7-9/h2-7H,13H2,1H3. The summed E-state index contributed by atoms with van der Waals surface area (Å²) >= 11 is 0. The van der Waals surface area contributed by atoms with Crippen LogP contribution in [0.5, 0.6) is 0 Å². The van der Waals surface area contributed by atoms with Crippen molar-refractivity contribution in [3.63, 3.8) is 0 Å². The van der Waals surface area contributed by atoms with Gasteiger partial charge >= 0.3 is 0 Å². The van der Waals surface area contributed by atoms with Crippen LogP contribution in [0.1, 0.15) is 5.69 Å². The average Bonchev–Trinajstić information content (AvgIpc) is 2.71. The van der Waals surface area contributed by atoms with Crippen LogP contribution in [-0.2, 0) is 0 Å². The lowest BCUT2D eigenvalue weighted by atomic mass is 10.2. The Morgan fingerprint density at radius 3 is 2.94 bits per heavy atom. The van der Waals surface area contributed by atoms with E-state index >= 15 is 0 Å². The Bertz CT molecular complexity index is 672. The van der Waals surface area contributed by atoms with E-state index < -0.39 is 0 Å². The summed E-state index contributed by atoms with van der Waals surface area (Å²) in [6.07, 6.45) is 3.50. The topological polar surface area (TPSA) is 69.1 Å². The van der Waals surface area contributed by atoms with Gasteiger partial charge in [-0.25, -0.2) is 4.98 Å². The number of nitrogen functional groups attached to an aromatic ring is 1. The number of nitrogens with zero attached hydrogens (tertiary/aromatic N) is 4. The summed E-state index contributed by atoms with van der Waals surface area (Å²) in [5.41, 5.74) is 9.35. The van der Waals surface area contributed by atoms with Gasteiger partial charge in [-0.3, -0.25) is 4.98 Å². The smallest absolute Gasteiger partial charge is 0.158 e. The van der Waals surface area contributed by atoms with Gasteiger partial charge in [0.1, 0.15) is 5.82 Å². The Morgan fingerprint density at radius 2 is 2.18 bits per heavy atom. The molecule has 3 aromatic rings. The molecule has 3 aromatic heterocycles. The summed E-state index contributed by atoms with van der Waals surface area (Å²) in [6.45, 7) is 1.91. The molecule has 5 heteroatoms. The van der Waals surface area contributed by atoms with Crippen LogP contribution >= 0.6 is 0 Å². The molecule has 2 N–H and O–H groups in total. The molecule has 0 bridgehead atoms. The van der Waals surface area contributed by atoms with Crippen molar-refractivity contribution in [2.75, 3.05) is 5.73 Å². The first kappa shape index (κ1) is 9.77. The lowest BCUT2D eigenvalue weighted by Crippen LogP contribution is -2.01. The number of nitrogens with two attached hydrogens (primary N) is 1. The number of hydrogen-bond acceptors (Lipinski definition) is 4. The van der Waals surface area contributed by atoms with Gasteiger partial charge in [0.2, 0.25) is 0 Å². The zero-order chi connectivity index (χ0) is 11.8. The fraction of sp³-hybridized carbons (Fsp3) is 0.0833. The molecule has 0 saturated heterocycles. The third-order valence-corrected chi connectivity index (χ3v) is 2.53. The van der Waals surface area contributed by atoms with Crippen molar-refractivity contribution in [3.05, 3.63) is 42.4 Å².